The zero-order chi connectivity index (χ0) is 22.3. The number of morpholine rings is 1. The van der Waals surface area contributed by atoms with Gasteiger partial charge in [0.15, 0.2) is 11.0 Å². The Morgan fingerprint density at radius 3 is 2.36 bits per heavy atom. The minimum Gasteiger partial charge on any atom is -0.379 e. The van der Waals surface area contributed by atoms with E-state index in [1.54, 1.807) is 0 Å². The first-order valence-electron chi connectivity index (χ1n) is 12.4. The number of rotatable bonds is 7. The fourth-order valence-electron chi connectivity index (χ4n) is 7.02. The summed E-state index contributed by atoms with van der Waals surface area (Å²) in [6, 6.07) is 10.2. The largest absolute Gasteiger partial charge is 0.379 e. The van der Waals surface area contributed by atoms with E-state index in [0.29, 0.717) is 5.75 Å². The van der Waals surface area contributed by atoms with E-state index in [4.69, 9.17) is 4.74 Å². The number of thioether (sulfide) groups is 1. The minimum atomic E-state index is 0.0565. The molecule has 2 aromatic rings. The lowest BCUT2D eigenvalue weighted by Gasteiger charge is -2.56. The molecule has 8 heteroatoms. The number of carbonyl (C=O) groups is 1. The number of para-hydroxylation sites is 1. The molecule has 7 rings (SSSR count). The van der Waals surface area contributed by atoms with Crippen molar-refractivity contribution in [2.75, 3.05) is 32.1 Å². The van der Waals surface area contributed by atoms with Gasteiger partial charge in [-0.15, -0.1) is 10.2 Å². The Bertz CT molecular complexity index is 953. The van der Waals surface area contributed by atoms with Crippen molar-refractivity contribution in [3.63, 3.8) is 0 Å². The number of ether oxygens (including phenoxy) is 1. The predicted octanol–water partition coefficient (Wildman–Crippen LogP) is 3.28. The normalized spacial score (nSPS) is 31.1. The van der Waals surface area contributed by atoms with Gasteiger partial charge in [0.2, 0.25) is 5.91 Å². The number of benzene rings is 1. The molecule has 4 bridgehead atoms. The molecule has 0 unspecified atom stereocenters. The molecule has 1 aliphatic heterocycles. The number of nitrogens with one attached hydrogen (secondary N) is 1. The molecule has 5 fully saturated rings. The van der Waals surface area contributed by atoms with Crippen LogP contribution >= 0.6 is 11.8 Å². The summed E-state index contributed by atoms with van der Waals surface area (Å²) in [6.45, 7) is 4.04. The van der Waals surface area contributed by atoms with Crippen LogP contribution in [0, 0.1) is 17.8 Å². The average Bonchev–Trinajstić information content (AvgIpc) is 3.20. The van der Waals surface area contributed by atoms with E-state index in [1.165, 1.54) is 50.3 Å². The van der Waals surface area contributed by atoms with Gasteiger partial charge in [-0.05, 0) is 68.4 Å². The summed E-state index contributed by atoms with van der Waals surface area (Å²) in [5.41, 5.74) is 1.09. The van der Waals surface area contributed by atoms with Crippen LogP contribution in [0.25, 0.3) is 5.69 Å². The van der Waals surface area contributed by atoms with Gasteiger partial charge in [0.25, 0.3) is 0 Å². The maximum atomic E-state index is 13.1. The van der Waals surface area contributed by atoms with E-state index in [-0.39, 0.29) is 11.4 Å². The van der Waals surface area contributed by atoms with Gasteiger partial charge in [-0.1, -0.05) is 30.0 Å². The third-order valence-corrected chi connectivity index (χ3v) is 8.89. The summed E-state index contributed by atoms with van der Waals surface area (Å²) < 4.78 is 7.60. The van der Waals surface area contributed by atoms with E-state index in [2.05, 4.69) is 37.1 Å². The van der Waals surface area contributed by atoms with E-state index in [0.717, 1.165) is 67.3 Å². The molecule has 2 heterocycles. The van der Waals surface area contributed by atoms with Crippen LogP contribution in [0.3, 0.4) is 0 Å². The molecule has 5 aliphatic rings. The number of amides is 1. The Morgan fingerprint density at radius 1 is 1.03 bits per heavy atom. The van der Waals surface area contributed by atoms with Gasteiger partial charge in [-0.2, -0.15) is 0 Å². The van der Waals surface area contributed by atoms with Gasteiger partial charge in [0.1, 0.15) is 0 Å². The lowest BCUT2D eigenvalue weighted by atomic mass is 9.53. The second-order valence-electron chi connectivity index (χ2n) is 10.5. The smallest absolute Gasteiger partial charge is 0.230 e. The maximum Gasteiger partial charge on any atom is 0.230 e. The molecule has 4 aliphatic carbocycles. The number of hydrogen-bond donors (Lipinski definition) is 1. The van der Waals surface area contributed by atoms with Gasteiger partial charge < -0.3 is 10.1 Å². The zero-order valence-electron chi connectivity index (χ0n) is 19.1. The van der Waals surface area contributed by atoms with E-state index in [9.17, 15) is 4.79 Å². The number of hydrogen-bond acceptors (Lipinski definition) is 6. The molecule has 0 radical (unpaired) electrons. The summed E-state index contributed by atoms with van der Waals surface area (Å²) in [5.74, 6) is 3.91. The zero-order valence-corrected chi connectivity index (χ0v) is 19.9. The van der Waals surface area contributed by atoms with Crippen LogP contribution in [0.4, 0.5) is 0 Å². The SMILES string of the molecule is O=C(CSc1nnc(CN2CCOCC2)n1-c1ccccc1)NC12CC3CC(CC(C3)C1)C2. The van der Waals surface area contributed by atoms with Gasteiger partial charge in [-0.25, -0.2) is 0 Å². The molecule has 1 aromatic heterocycles. The molecule has 4 saturated carbocycles. The molecular weight excluding hydrogens is 434 g/mol. The van der Waals surface area contributed by atoms with Crippen LogP contribution in [0.5, 0.6) is 0 Å². The molecule has 1 saturated heterocycles. The van der Waals surface area contributed by atoms with Gasteiger partial charge in [0.05, 0.1) is 25.5 Å². The lowest BCUT2D eigenvalue weighted by molar-refractivity contribution is -0.124. The average molecular weight is 468 g/mol. The molecule has 33 heavy (non-hydrogen) atoms. The van der Waals surface area contributed by atoms with Gasteiger partial charge in [0, 0.05) is 24.3 Å². The summed E-state index contributed by atoms with van der Waals surface area (Å²) in [6.07, 6.45) is 7.69. The summed E-state index contributed by atoms with van der Waals surface area (Å²) >= 11 is 1.50. The predicted molar refractivity (Wildman–Crippen MR) is 127 cm³/mol. The van der Waals surface area contributed by atoms with Crippen LogP contribution in [0.15, 0.2) is 35.5 Å². The van der Waals surface area contributed by atoms with Crippen LogP contribution in [0.1, 0.15) is 44.3 Å². The minimum absolute atomic E-state index is 0.0565. The Balaban J connectivity index is 1.15. The van der Waals surface area contributed by atoms with Crippen molar-refractivity contribution < 1.29 is 9.53 Å². The molecular formula is C25H33N5O2S. The lowest BCUT2D eigenvalue weighted by Crippen LogP contribution is -2.60. The van der Waals surface area contributed by atoms with Gasteiger partial charge in [-0.3, -0.25) is 14.3 Å². The van der Waals surface area contributed by atoms with Crippen molar-refractivity contribution in [1.82, 2.24) is 25.0 Å². The monoisotopic (exact) mass is 467 g/mol. The highest BCUT2D eigenvalue weighted by molar-refractivity contribution is 7.99. The summed E-state index contributed by atoms with van der Waals surface area (Å²) in [4.78, 5) is 15.4. The Morgan fingerprint density at radius 2 is 1.70 bits per heavy atom. The Hall–Kier alpha value is -1.90. The molecule has 7 nitrogen and oxygen atoms in total. The first-order valence-corrected chi connectivity index (χ1v) is 13.4. The molecule has 1 aromatic carbocycles. The number of carbonyl (C=O) groups excluding carboxylic acids is 1. The van der Waals surface area contributed by atoms with Crippen molar-refractivity contribution in [2.45, 2.75) is 55.8 Å². The highest BCUT2D eigenvalue weighted by Crippen LogP contribution is 2.55. The second kappa shape index (κ2) is 9.04. The van der Waals surface area contributed by atoms with Crippen molar-refractivity contribution >= 4 is 17.7 Å². The summed E-state index contributed by atoms with van der Waals surface area (Å²) in [5, 5.41) is 13.3. The van der Waals surface area contributed by atoms with Crippen molar-refractivity contribution in [2.24, 2.45) is 17.8 Å². The fourth-order valence-corrected chi connectivity index (χ4v) is 7.79. The first kappa shape index (κ1) is 21.6. The molecule has 1 N–H and O–H groups in total. The standard InChI is InChI=1S/C25H33N5O2S/c31-23(26-25-13-18-10-19(14-25)12-20(11-18)15-25)17-33-24-28-27-22(16-29-6-8-32-9-7-29)30(24)21-4-2-1-3-5-21/h1-5,18-20H,6-17H2,(H,26,31). The highest BCUT2D eigenvalue weighted by Gasteiger charge is 2.51. The third kappa shape index (κ3) is 4.57. The quantitative estimate of drug-likeness (QED) is 0.630. The van der Waals surface area contributed by atoms with Crippen LogP contribution in [-0.2, 0) is 16.1 Å². The molecule has 0 atom stereocenters. The second-order valence-corrected chi connectivity index (χ2v) is 11.4. The fraction of sp³-hybridized carbons (Fsp3) is 0.640. The molecule has 1 amide bonds. The first-order chi connectivity index (χ1) is 16.2. The molecule has 0 spiro atoms. The molecule has 176 valence electrons. The van der Waals surface area contributed by atoms with E-state index in [1.807, 2.05) is 18.2 Å². The number of aromatic nitrogens is 3. The van der Waals surface area contributed by atoms with Crippen LogP contribution < -0.4 is 5.32 Å². The van der Waals surface area contributed by atoms with Crippen molar-refractivity contribution in [3.05, 3.63) is 36.2 Å². The Labute approximate surface area is 199 Å². The van der Waals surface area contributed by atoms with E-state index >= 15 is 0 Å². The van der Waals surface area contributed by atoms with E-state index < -0.39 is 0 Å². The van der Waals surface area contributed by atoms with Crippen LogP contribution in [-0.4, -0.2) is 63.2 Å². The van der Waals surface area contributed by atoms with Crippen molar-refractivity contribution in [3.8, 4) is 5.69 Å². The maximum absolute atomic E-state index is 13.1. The summed E-state index contributed by atoms with van der Waals surface area (Å²) in [7, 11) is 0. The highest BCUT2D eigenvalue weighted by atomic mass is 32.2. The topological polar surface area (TPSA) is 72.3 Å². The third-order valence-electron chi connectivity index (χ3n) is 7.96. The van der Waals surface area contributed by atoms with Crippen LogP contribution in [0.2, 0.25) is 0 Å². The number of nitrogens with zero attached hydrogens (tertiary/aromatic N) is 4. The Kier molecular flexibility index (Phi) is 5.92. The van der Waals surface area contributed by atoms with Gasteiger partial charge >= 0.3 is 0 Å². The van der Waals surface area contributed by atoms with Crippen molar-refractivity contribution in [1.29, 1.82) is 0 Å².